The van der Waals surface area contributed by atoms with Gasteiger partial charge in [0.2, 0.25) is 11.9 Å². The highest BCUT2D eigenvalue weighted by molar-refractivity contribution is 8.44. The molecule has 1 amide bonds. The van der Waals surface area contributed by atoms with E-state index in [1.54, 1.807) is 18.4 Å². The molecule has 4 aromatic rings. The van der Waals surface area contributed by atoms with E-state index in [9.17, 15) is 18.9 Å². The molecule has 0 aliphatic carbocycles. The van der Waals surface area contributed by atoms with Crippen molar-refractivity contribution in [2.45, 2.75) is 51.6 Å². The fourth-order valence-corrected chi connectivity index (χ4v) is 5.97. The minimum atomic E-state index is -4.35. The summed E-state index contributed by atoms with van der Waals surface area (Å²) in [6.45, 7) is -2.18. The number of ether oxygens (including phenoxy) is 3. The van der Waals surface area contributed by atoms with Crippen molar-refractivity contribution in [1.29, 1.82) is 0 Å². The zero-order chi connectivity index (χ0) is 31.2. The van der Waals surface area contributed by atoms with Crippen LogP contribution in [0.2, 0.25) is 0 Å². The van der Waals surface area contributed by atoms with Gasteiger partial charge < -0.3 is 18.8 Å². The van der Waals surface area contributed by atoms with E-state index >= 15 is 4.39 Å². The molecule has 0 spiro atoms. The molecule has 21 heteroatoms. The standard InChI is InChI=1S/C23H25FN9O9PS/c1-10(2)19(34)30-22-29-18-15(20(35)31-22)27-9-33(18)21-16-14(24)12(41-21)6-39-23(36)38-4-3-32-13(7-40-43(37,44)42-16)28-11-5-25-8-26-17(11)32/h5,8-10,12,14,16,21H,3-4,6-7H2,1-2H3,(H,37,44)(H2,29,30,31,34,35)/t12-,14-,16-,21-,43?/m1/s1. The Morgan fingerprint density at radius 1 is 1.23 bits per heavy atom. The molecule has 6 rings (SSSR count). The zero-order valence-corrected chi connectivity index (χ0v) is 24.8. The second kappa shape index (κ2) is 11.8. The Hall–Kier alpha value is -3.97. The van der Waals surface area contributed by atoms with Crippen molar-refractivity contribution >= 4 is 59.4 Å². The van der Waals surface area contributed by atoms with E-state index in [0.717, 1.165) is 6.33 Å². The topological polar surface area (TPSA) is 217 Å². The number of aromatic nitrogens is 8. The zero-order valence-electron chi connectivity index (χ0n) is 23.0. The summed E-state index contributed by atoms with van der Waals surface area (Å²) in [4.78, 5) is 60.5. The number of hydrogen-bond acceptors (Lipinski definition) is 14. The number of thiol groups is 1. The van der Waals surface area contributed by atoms with Crippen molar-refractivity contribution in [3.05, 3.63) is 35.0 Å². The summed E-state index contributed by atoms with van der Waals surface area (Å²) in [5.74, 6) is -0.820. The maximum Gasteiger partial charge on any atom is 0.508 e. The number of alkyl halides is 1. The minimum absolute atomic E-state index is 0.0782. The van der Waals surface area contributed by atoms with Crippen molar-refractivity contribution in [2.24, 2.45) is 5.92 Å². The first-order valence-electron chi connectivity index (χ1n) is 13.2. The van der Waals surface area contributed by atoms with E-state index in [1.165, 1.54) is 17.1 Å². The number of nitrogens with zero attached hydrogens (tertiary/aromatic N) is 7. The number of halogens is 1. The molecule has 0 saturated carbocycles. The molecule has 1 saturated heterocycles. The van der Waals surface area contributed by atoms with Gasteiger partial charge in [-0.1, -0.05) is 26.1 Å². The normalized spacial score (nSPS) is 26.5. The summed E-state index contributed by atoms with van der Waals surface area (Å²) in [5.41, 5.74) is -0.196. The number of amides is 1. The van der Waals surface area contributed by atoms with E-state index in [-0.39, 0.29) is 36.1 Å². The van der Waals surface area contributed by atoms with Gasteiger partial charge in [0.25, 0.3) is 5.56 Å². The van der Waals surface area contributed by atoms with Crippen LogP contribution < -0.4 is 10.9 Å². The molecule has 18 nitrogen and oxygen atoms in total. The summed E-state index contributed by atoms with van der Waals surface area (Å²) in [7, 11) is 0. The number of H-pyrrole nitrogens is 1. The average Bonchev–Trinajstić information content (AvgIpc) is 3.64. The molecule has 44 heavy (non-hydrogen) atoms. The smallest absolute Gasteiger partial charge is 0.432 e. The molecule has 2 aliphatic heterocycles. The lowest BCUT2D eigenvalue weighted by atomic mass is 10.1. The van der Waals surface area contributed by atoms with Crippen LogP contribution in [-0.4, -0.2) is 82.7 Å². The third kappa shape index (κ3) is 5.90. The summed E-state index contributed by atoms with van der Waals surface area (Å²) in [6.07, 6.45) is -3.84. The number of hydrogen-bond donors (Lipinski definition) is 3. The average molecular weight is 654 g/mol. The molecule has 0 aromatic carbocycles. The van der Waals surface area contributed by atoms with Crippen LogP contribution in [0.5, 0.6) is 0 Å². The monoisotopic (exact) mass is 653 g/mol. The molecule has 1 fully saturated rings. The fourth-order valence-electron chi connectivity index (χ4n) is 4.60. The summed E-state index contributed by atoms with van der Waals surface area (Å²) < 4.78 is 59.2. The Morgan fingerprint density at radius 3 is 2.84 bits per heavy atom. The van der Waals surface area contributed by atoms with Crippen molar-refractivity contribution in [3.63, 3.8) is 0 Å². The van der Waals surface area contributed by atoms with Crippen LogP contribution in [0.4, 0.5) is 15.1 Å². The lowest BCUT2D eigenvalue weighted by Gasteiger charge is -2.24. The number of cyclic esters (lactones) is 2. The highest BCUT2D eigenvalue weighted by Crippen LogP contribution is 2.57. The molecule has 0 radical (unpaired) electrons. The number of carbonyl (C=O) groups is 2. The van der Waals surface area contributed by atoms with E-state index in [2.05, 4.69) is 47.5 Å². The molecule has 2 bridgehead atoms. The van der Waals surface area contributed by atoms with Gasteiger partial charge in [-0.05, 0) is 0 Å². The molecule has 4 aromatic heterocycles. The van der Waals surface area contributed by atoms with Crippen LogP contribution in [0, 0.1) is 5.92 Å². The van der Waals surface area contributed by atoms with Gasteiger partial charge in [-0.25, -0.2) is 33.7 Å². The molecular weight excluding hydrogens is 628 g/mol. The lowest BCUT2D eigenvalue weighted by molar-refractivity contribution is -0.118. The second-order valence-corrected chi connectivity index (χ2v) is 12.9. The number of rotatable bonds is 3. The molecule has 2 aliphatic rings. The third-order valence-corrected chi connectivity index (χ3v) is 8.33. The summed E-state index contributed by atoms with van der Waals surface area (Å²) >= 11 is 4.06. The third-order valence-electron chi connectivity index (χ3n) is 6.74. The van der Waals surface area contributed by atoms with E-state index in [4.69, 9.17) is 23.3 Å². The van der Waals surface area contributed by atoms with Crippen LogP contribution in [0.3, 0.4) is 0 Å². The van der Waals surface area contributed by atoms with Gasteiger partial charge in [0.1, 0.15) is 49.7 Å². The van der Waals surface area contributed by atoms with Crippen molar-refractivity contribution in [1.82, 2.24) is 39.0 Å². The Bertz CT molecular complexity index is 1850. The first-order chi connectivity index (χ1) is 21.0. The van der Waals surface area contributed by atoms with Gasteiger partial charge in [0.05, 0.1) is 19.1 Å². The van der Waals surface area contributed by atoms with Crippen LogP contribution in [0.15, 0.2) is 23.6 Å². The highest BCUT2D eigenvalue weighted by atomic mass is 32.7. The van der Waals surface area contributed by atoms with Gasteiger partial charge in [-0.15, -0.1) is 0 Å². The Balaban J connectivity index is 1.35. The van der Waals surface area contributed by atoms with E-state index < -0.39 is 68.2 Å². The predicted molar refractivity (Wildman–Crippen MR) is 149 cm³/mol. The predicted octanol–water partition coefficient (Wildman–Crippen LogP) is 1.90. The molecule has 6 heterocycles. The van der Waals surface area contributed by atoms with Crippen molar-refractivity contribution in [2.75, 3.05) is 18.5 Å². The number of imidazole rings is 2. The van der Waals surface area contributed by atoms with Crippen molar-refractivity contribution < 1.29 is 41.8 Å². The van der Waals surface area contributed by atoms with E-state index in [1.807, 2.05) is 0 Å². The van der Waals surface area contributed by atoms with Crippen LogP contribution in [0.1, 0.15) is 25.9 Å². The highest BCUT2D eigenvalue weighted by Gasteiger charge is 2.51. The second-order valence-electron chi connectivity index (χ2n) is 10.0. The number of anilines is 1. The first kappa shape index (κ1) is 30.1. The number of aromatic amines is 1. The number of carbonyl (C=O) groups excluding carboxylic acids is 2. The summed E-state index contributed by atoms with van der Waals surface area (Å²) in [6, 6.07) is 0. The number of fused-ring (bicyclic) bond motifs is 6. The van der Waals surface area contributed by atoms with Gasteiger partial charge in [0, 0.05) is 5.92 Å². The largest absolute Gasteiger partial charge is 0.508 e. The van der Waals surface area contributed by atoms with Gasteiger partial charge in [-0.2, -0.15) is 4.98 Å². The quantitative estimate of drug-likeness (QED) is 0.164. The Morgan fingerprint density at radius 2 is 2.05 bits per heavy atom. The Labute approximate surface area is 251 Å². The summed E-state index contributed by atoms with van der Waals surface area (Å²) in [5, 5.41) is 2.48. The minimum Gasteiger partial charge on any atom is -0.432 e. The van der Waals surface area contributed by atoms with Crippen molar-refractivity contribution in [3.8, 4) is 0 Å². The maximum absolute atomic E-state index is 15.9. The first-order valence-corrected chi connectivity index (χ1v) is 15.9. The maximum atomic E-state index is 15.9. The molecule has 1 unspecified atom stereocenters. The SMILES string of the molecule is CC(C)C(=O)Nc1nc2c(ncn2[C@@H]2O[C@@H]3COC(=O)OCCn4c(nc5cncnc54)COP(=O)(S)O[C@@H]2[C@@H]3F)c(=O)[nH]1. The Kier molecular flexibility index (Phi) is 8.10. The fraction of sp³-hybridized carbons (Fsp3) is 0.478. The van der Waals surface area contributed by atoms with E-state index in [0.29, 0.717) is 11.2 Å². The molecular formula is C23H25FN9O9PS. The molecule has 234 valence electrons. The lowest BCUT2D eigenvalue weighted by Crippen LogP contribution is -2.32. The number of nitrogens with one attached hydrogen (secondary N) is 2. The van der Waals surface area contributed by atoms with Crippen LogP contribution in [-0.2, 0) is 45.8 Å². The van der Waals surface area contributed by atoms with Crippen LogP contribution >= 0.6 is 19.0 Å². The van der Waals surface area contributed by atoms with Gasteiger partial charge in [0.15, 0.2) is 29.2 Å². The molecule has 5 atom stereocenters. The van der Waals surface area contributed by atoms with Crippen LogP contribution in [0.25, 0.3) is 22.3 Å². The van der Waals surface area contributed by atoms with Gasteiger partial charge >= 0.3 is 13.0 Å². The van der Waals surface area contributed by atoms with Gasteiger partial charge in [-0.3, -0.25) is 33.5 Å². The molecule has 2 N–H and O–H groups in total.